The highest BCUT2D eigenvalue weighted by molar-refractivity contribution is 6.32. The topological polar surface area (TPSA) is 182 Å². The molecule has 11 heteroatoms. The van der Waals surface area contributed by atoms with Crippen molar-refractivity contribution in [2.75, 3.05) is 13.6 Å². The summed E-state index contributed by atoms with van der Waals surface area (Å²) in [7, 11) is 1.50. The molecular formula is C23H25ClN2O8. The molecule has 0 bridgehead atoms. The normalized spacial score (nSPS) is 33.1. The maximum absolute atomic E-state index is 13.8. The van der Waals surface area contributed by atoms with Crippen LogP contribution in [0.3, 0.4) is 0 Å². The van der Waals surface area contributed by atoms with Crippen LogP contribution in [0.5, 0.6) is 5.75 Å². The number of nitrogens with zero attached hydrogens (tertiary/aromatic N) is 1. The van der Waals surface area contributed by atoms with Crippen LogP contribution in [0, 0.1) is 11.8 Å². The van der Waals surface area contributed by atoms with Gasteiger partial charge in [-0.2, -0.15) is 0 Å². The number of phenols is 1. The lowest BCUT2D eigenvalue weighted by Gasteiger charge is -2.54. The Kier molecular flexibility index (Phi) is 5.56. The van der Waals surface area contributed by atoms with E-state index < -0.39 is 81.4 Å². The minimum Gasteiger partial charge on any atom is -0.508 e. The molecule has 0 radical (unpaired) electrons. The maximum Gasteiger partial charge on any atom is 0.255 e. The lowest BCUT2D eigenvalue weighted by atomic mass is 9.54. The average Bonchev–Trinajstić information content (AvgIpc) is 2.77. The first-order valence-corrected chi connectivity index (χ1v) is 11.1. The van der Waals surface area contributed by atoms with Crippen molar-refractivity contribution in [3.63, 3.8) is 0 Å². The molecule has 4 rings (SSSR count). The number of primary amides is 1. The third-order valence-electron chi connectivity index (χ3n) is 7.50. The van der Waals surface area contributed by atoms with Crippen molar-refractivity contribution in [3.8, 4) is 5.75 Å². The van der Waals surface area contributed by atoms with Gasteiger partial charge in [0.15, 0.2) is 11.4 Å². The average molecular weight is 493 g/mol. The molecule has 1 amide bonds. The summed E-state index contributed by atoms with van der Waals surface area (Å²) < 4.78 is 0. The molecular weight excluding hydrogens is 468 g/mol. The number of aromatic hydroxyl groups is 1. The first-order chi connectivity index (χ1) is 15.8. The van der Waals surface area contributed by atoms with Crippen LogP contribution in [0.15, 0.2) is 29.0 Å². The second-order valence-electron chi connectivity index (χ2n) is 9.02. The van der Waals surface area contributed by atoms with E-state index in [1.54, 1.807) is 13.8 Å². The molecule has 182 valence electrons. The van der Waals surface area contributed by atoms with Gasteiger partial charge in [-0.15, -0.1) is 0 Å². The Balaban J connectivity index is 2.07. The minimum absolute atomic E-state index is 0.0939. The molecule has 1 aromatic rings. The van der Waals surface area contributed by atoms with Crippen LogP contribution in [-0.4, -0.2) is 79.2 Å². The van der Waals surface area contributed by atoms with Crippen molar-refractivity contribution in [3.05, 3.63) is 45.2 Å². The number of fused-ring (bicyclic) bond motifs is 3. The third kappa shape index (κ3) is 2.83. The van der Waals surface area contributed by atoms with Crippen molar-refractivity contribution in [2.24, 2.45) is 17.6 Å². The zero-order valence-corrected chi connectivity index (χ0v) is 19.4. The van der Waals surface area contributed by atoms with Crippen LogP contribution in [0.1, 0.15) is 30.9 Å². The number of ketones is 2. The van der Waals surface area contributed by atoms with E-state index in [1.807, 2.05) is 0 Å². The van der Waals surface area contributed by atoms with E-state index >= 15 is 0 Å². The lowest BCUT2D eigenvalue weighted by Crippen LogP contribution is -2.70. The zero-order valence-electron chi connectivity index (χ0n) is 18.6. The van der Waals surface area contributed by atoms with Gasteiger partial charge in [0.25, 0.3) is 5.91 Å². The molecule has 0 saturated heterocycles. The number of hydrogen-bond acceptors (Lipinski definition) is 9. The molecule has 0 aliphatic heterocycles. The highest BCUT2D eigenvalue weighted by Gasteiger charge is 2.68. The van der Waals surface area contributed by atoms with Crippen molar-refractivity contribution in [1.82, 2.24) is 4.90 Å². The Morgan fingerprint density at radius 1 is 1.24 bits per heavy atom. The summed E-state index contributed by atoms with van der Waals surface area (Å²) in [4.78, 5) is 40.5. The van der Waals surface area contributed by atoms with E-state index in [-0.39, 0.29) is 17.1 Å². The molecule has 6 atom stereocenters. The predicted molar refractivity (Wildman–Crippen MR) is 120 cm³/mol. The SMILES string of the molecule is CCN(C)[C@@H]1C(=O)C(C(N)=O)=C(O)[C@@]2(O)C(=O)C3=C(O)c4c(ccc(Cl)c4O)C(C)C3C(O)C12. The summed E-state index contributed by atoms with van der Waals surface area (Å²) in [6, 6.07) is 1.57. The number of likely N-dealkylation sites (N-methyl/N-ethyl adjacent to an activating group) is 1. The van der Waals surface area contributed by atoms with Crippen LogP contribution >= 0.6 is 11.6 Å². The Morgan fingerprint density at radius 2 is 1.85 bits per heavy atom. The molecule has 0 heterocycles. The Labute approximate surface area is 199 Å². The largest absolute Gasteiger partial charge is 0.508 e. The van der Waals surface area contributed by atoms with Gasteiger partial charge in [-0.3, -0.25) is 19.3 Å². The molecule has 3 aliphatic carbocycles. The number of Topliss-reactive ketones (excluding diaryl/α,β-unsaturated/α-hetero) is 2. The quantitative estimate of drug-likeness (QED) is 0.328. The Bertz CT molecular complexity index is 1210. The number of hydrogen-bond donors (Lipinski definition) is 6. The minimum atomic E-state index is -2.93. The predicted octanol–water partition coefficient (Wildman–Crippen LogP) is 0.539. The number of carbonyl (C=O) groups excluding carboxylic acids is 3. The zero-order chi connectivity index (χ0) is 25.4. The van der Waals surface area contributed by atoms with Crippen molar-refractivity contribution in [1.29, 1.82) is 0 Å². The molecule has 7 N–H and O–H groups in total. The van der Waals surface area contributed by atoms with Gasteiger partial charge >= 0.3 is 0 Å². The van der Waals surface area contributed by atoms with Crippen LogP contribution < -0.4 is 5.73 Å². The van der Waals surface area contributed by atoms with Gasteiger partial charge in [-0.1, -0.05) is 31.5 Å². The molecule has 4 unspecified atom stereocenters. The number of aliphatic hydroxyl groups excluding tert-OH is 3. The summed E-state index contributed by atoms with van der Waals surface area (Å²) in [5.74, 6) is -9.32. The van der Waals surface area contributed by atoms with Crippen LogP contribution in [-0.2, 0) is 14.4 Å². The van der Waals surface area contributed by atoms with Gasteiger partial charge in [0.05, 0.1) is 28.6 Å². The molecule has 0 spiro atoms. The number of nitrogens with two attached hydrogens (primary N) is 1. The molecule has 1 aromatic carbocycles. The second kappa shape index (κ2) is 7.81. The molecule has 1 fully saturated rings. The van der Waals surface area contributed by atoms with Crippen molar-refractivity contribution < 1.29 is 39.9 Å². The van der Waals surface area contributed by atoms with E-state index in [2.05, 4.69) is 0 Å². The number of benzene rings is 1. The summed E-state index contributed by atoms with van der Waals surface area (Å²) in [5, 5.41) is 55.4. The van der Waals surface area contributed by atoms with Gasteiger partial charge in [0, 0.05) is 11.5 Å². The molecule has 1 saturated carbocycles. The summed E-state index contributed by atoms with van der Waals surface area (Å²) in [6.45, 7) is 3.58. The fourth-order valence-electron chi connectivity index (χ4n) is 5.71. The second-order valence-corrected chi connectivity index (χ2v) is 9.43. The number of halogens is 1. The van der Waals surface area contributed by atoms with Gasteiger partial charge in [0.1, 0.15) is 22.8 Å². The third-order valence-corrected chi connectivity index (χ3v) is 7.80. The van der Waals surface area contributed by atoms with E-state index in [1.165, 1.54) is 24.1 Å². The van der Waals surface area contributed by atoms with E-state index in [0.29, 0.717) is 5.56 Å². The van der Waals surface area contributed by atoms with Gasteiger partial charge in [-0.05, 0) is 31.1 Å². The maximum atomic E-state index is 13.8. The fourth-order valence-corrected chi connectivity index (χ4v) is 5.86. The summed E-state index contributed by atoms with van der Waals surface area (Å²) in [6.07, 6.45) is -1.62. The van der Waals surface area contributed by atoms with Gasteiger partial charge < -0.3 is 31.3 Å². The first kappa shape index (κ1) is 24.2. The molecule has 10 nitrogen and oxygen atoms in total. The highest BCUT2D eigenvalue weighted by Crippen LogP contribution is 2.56. The van der Waals surface area contributed by atoms with E-state index in [0.717, 1.165) is 0 Å². The van der Waals surface area contributed by atoms with Gasteiger partial charge in [-0.25, -0.2) is 0 Å². The number of amides is 1. The van der Waals surface area contributed by atoms with E-state index in [9.17, 15) is 39.9 Å². The van der Waals surface area contributed by atoms with E-state index in [4.69, 9.17) is 17.3 Å². The fraction of sp³-hybridized carbons (Fsp3) is 0.435. The molecule has 34 heavy (non-hydrogen) atoms. The number of rotatable bonds is 3. The number of carbonyl (C=O) groups is 3. The monoisotopic (exact) mass is 492 g/mol. The van der Waals surface area contributed by atoms with Crippen LogP contribution in [0.4, 0.5) is 0 Å². The Hall–Kier alpha value is -2.92. The lowest BCUT2D eigenvalue weighted by molar-refractivity contribution is -0.170. The molecule has 3 aliphatic rings. The summed E-state index contributed by atoms with van der Waals surface area (Å²) in [5.41, 5.74) is 1.23. The Morgan fingerprint density at radius 3 is 2.41 bits per heavy atom. The van der Waals surface area contributed by atoms with Crippen LogP contribution in [0.25, 0.3) is 5.76 Å². The first-order valence-electron chi connectivity index (χ1n) is 10.7. The number of phenolic OH excluding ortho intramolecular Hbond substituents is 1. The highest BCUT2D eigenvalue weighted by atomic mass is 35.5. The van der Waals surface area contributed by atoms with Crippen molar-refractivity contribution in [2.45, 2.75) is 37.5 Å². The molecule has 0 aromatic heterocycles. The standard InChI is InChI=1S/C23H25ClN2O8/c1-4-26(3)15-14-18(29)10-7(2)8-5-6-9(24)16(27)11(8)17(28)12(10)20(31)23(14,34)21(32)13(19(15)30)22(25)33/h5-7,10,14-15,18,27-29,32,34H,4H2,1-3H3,(H2,25,33)/t7?,10?,14?,15-,18?,23-/m0/s1. The van der Waals surface area contributed by atoms with Crippen molar-refractivity contribution >= 4 is 34.8 Å². The smallest absolute Gasteiger partial charge is 0.255 e. The number of aliphatic hydroxyl groups is 4. The van der Waals surface area contributed by atoms with Crippen LogP contribution in [0.2, 0.25) is 5.02 Å². The summed E-state index contributed by atoms with van der Waals surface area (Å²) >= 11 is 5.99. The van der Waals surface area contributed by atoms with Gasteiger partial charge in [0.2, 0.25) is 5.78 Å².